The van der Waals surface area contributed by atoms with E-state index in [4.69, 9.17) is 9.84 Å². The van der Waals surface area contributed by atoms with Gasteiger partial charge >= 0.3 is 5.97 Å². The molecule has 14 heavy (non-hydrogen) atoms. The van der Waals surface area contributed by atoms with Crippen molar-refractivity contribution in [2.45, 2.75) is 0 Å². The molecular weight excluding hydrogens is 190 g/mol. The number of ether oxygens (including phenoxy) is 2. The average molecular weight is 205 g/mol. The van der Waals surface area contributed by atoms with Crippen molar-refractivity contribution in [3.8, 4) is 0 Å². The Morgan fingerprint density at radius 2 is 2.00 bits per heavy atom. The van der Waals surface area contributed by atoms with Crippen molar-refractivity contribution in [1.82, 2.24) is 4.90 Å². The number of carbonyl (C=O) groups excluding carboxylic acids is 1. The van der Waals surface area contributed by atoms with Crippen LogP contribution in [-0.4, -0.2) is 62.4 Å². The minimum absolute atomic E-state index is 0.216. The van der Waals surface area contributed by atoms with Gasteiger partial charge in [0.25, 0.3) is 0 Å². The van der Waals surface area contributed by atoms with E-state index in [0.29, 0.717) is 13.2 Å². The minimum Gasteiger partial charge on any atom is -0.480 e. The Morgan fingerprint density at radius 3 is 2.50 bits per heavy atom. The molecule has 0 radical (unpaired) electrons. The van der Waals surface area contributed by atoms with Crippen LogP contribution in [0.25, 0.3) is 0 Å². The van der Waals surface area contributed by atoms with Crippen LogP contribution in [0.1, 0.15) is 0 Å². The molecule has 0 atom stereocenters. The van der Waals surface area contributed by atoms with Gasteiger partial charge in [0, 0.05) is 20.7 Å². The van der Waals surface area contributed by atoms with Gasteiger partial charge in [-0.15, -0.1) is 0 Å². The summed E-state index contributed by atoms with van der Waals surface area (Å²) in [6, 6.07) is 0. The molecule has 0 saturated heterocycles. The topological polar surface area (TPSA) is 76.1 Å². The Morgan fingerprint density at radius 1 is 1.36 bits per heavy atom. The fourth-order valence-corrected chi connectivity index (χ4v) is 0.689. The van der Waals surface area contributed by atoms with Crippen LogP contribution < -0.4 is 0 Å². The molecule has 1 N–H and O–H groups in total. The van der Waals surface area contributed by atoms with Gasteiger partial charge in [-0.25, -0.2) is 4.79 Å². The number of carbonyl (C=O) groups is 2. The van der Waals surface area contributed by atoms with Gasteiger partial charge in [-0.3, -0.25) is 4.79 Å². The number of carboxylic acid groups (broad SMARTS) is 1. The van der Waals surface area contributed by atoms with Crippen molar-refractivity contribution in [3.63, 3.8) is 0 Å². The van der Waals surface area contributed by atoms with Crippen molar-refractivity contribution in [3.05, 3.63) is 0 Å². The van der Waals surface area contributed by atoms with Crippen LogP contribution in [0.3, 0.4) is 0 Å². The van der Waals surface area contributed by atoms with Gasteiger partial charge in [0.05, 0.1) is 6.61 Å². The molecule has 6 heteroatoms. The van der Waals surface area contributed by atoms with Crippen LogP contribution in [0.5, 0.6) is 0 Å². The second-order valence-corrected chi connectivity index (χ2v) is 2.69. The van der Waals surface area contributed by atoms with Crippen LogP contribution in [0, 0.1) is 0 Å². The van der Waals surface area contributed by atoms with E-state index >= 15 is 0 Å². The molecule has 6 nitrogen and oxygen atoms in total. The number of aliphatic carboxylic acids is 1. The van der Waals surface area contributed by atoms with Crippen LogP contribution >= 0.6 is 0 Å². The zero-order valence-electron chi connectivity index (χ0n) is 8.36. The Kier molecular flexibility index (Phi) is 6.69. The molecule has 0 heterocycles. The van der Waals surface area contributed by atoms with Gasteiger partial charge in [0.15, 0.2) is 0 Å². The lowest BCUT2D eigenvalue weighted by Crippen LogP contribution is -2.33. The zero-order valence-corrected chi connectivity index (χ0v) is 8.36. The van der Waals surface area contributed by atoms with E-state index in [1.165, 1.54) is 4.90 Å². The first-order chi connectivity index (χ1) is 6.57. The van der Waals surface area contributed by atoms with Gasteiger partial charge in [0.2, 0.25) is 5.91 Å². The van der Waals surface area contributed by atoms with Crippen molar-refractivity contribution >= 4 is 11.9 Å². The summed E-state index contributed by atoms with van der Waals surface area (Å²) < 4.78 is 9.40. The number of rotatable bonds is 7. The summed E-state index contributed by atoms with van der Waals surface area (Å²) >= 11 is 0. The third-order valence-corrected chi connectivity index (χ3v) is 1.51. The summed E-state index contributed by atoms with van der Waals surface area (Å²) in [6.07, 6.45) is 0. The maximum atomic E-state index is 11.2. The average Bonchev–Trinajstić information content (AvgIpc) is 2.13. The number of nitrogens with zero attached hydrogens (tertiary/aromatic N) is 1. The predicted octanol–water partition coefficient (Wildman–Crippen LogP) is -0.808. The molecule has 0 aliphatic heterocycles. The molecule has 0 aliphatic carbocycles. The normalized spacial score (nSPS) is 9.86. The lowest BCUT2D eigenvalue weighted by molar-refractivity contribution is -0.145. The first-order valence-electron chi connectivity index (χ1n) is 4.10. The van der Waals surface area contributed by atoms with E-state index in [1.807, 2.05) is 0 Å². The summed E-state index contributed by atoms with van der Waals surface area (Å²) in [5.41, 5.74) is 0. The van der Waals surface area contributed by atoms with Gasteiger partial charge in [-0.2, -0.15) is 0 Å². The van der Waals surface area contributed by atoms with Crippen molar-refractivity contribution < 1.29 is 24.2 Å². The minimum atomic E-state index is -1.09. The molecule has 0 rings (SSSR count). The molecule has 0 aromatic carbocycles. The zero-order chi connectivity index (χ0) is 11.0. The largest absolute Gasteiger partial charge is 0.480 e. The second kappa shape index (κ2) is 7.28. The molecule has 0 bridgehead atoms. The van der Waals surface area contributed by atoms with Crippen LogP contribution in [0.2, 0.25) is 0 Å². The number of hydrogen-bond acceptors (Lipinski definition) is 4. The third-order valence-electron chi connectivity index (χ3n) is 1.51. The highest BCUT2D eigenvalue weighted by atomic mass is 16.5. The van der Waals surface area contributed by atoms with E-state index in [0.717, 1.165) is 0 Å². The Balaban J connectivity index is 3.56. The summed E-state index contributed by atoms with van der Waals surface area (Å²) in [6.45, 7) is 0.239. The Hall–Kier alpha value is -1.14. The maximum Gasteiger partial charge on any atom is 0.329 e. The van der Waals surface area contributed by atoms with Crippen LogP contribution in [0.4, 0.5) is 0 Å². The summed E-state index contributed by atoms with van der Waals surface area (Å²) in [7, 11) is 3.14. The lowest BCUT2D eigenvalue weighted by atomic mass is 10.5. The molecular formula is C8H15NO5. The Labute approximate surface area is 82.4 Å². The number of carboxylic acids is 1. The van der Waals surface area contributed by atoms with E-state index < -0.39 is 12.6 Å². The fourth-order valence-electron chi connectivity index (χ4n) is 0.689. The smallest absolute Gasteiger partial charge is 0.329 e. The van der Waals surface area contributed by atoms with Gasteiger partial charge in [-0.05, 0) is 0 Å². The van der Waals surface area contributed by atoms with Crippen LogP contribution in [0.15, 0.2) is 0 Å². The molecule has 0 aromatic heterocycles. The number of methoxy groups -OCH3 is 1. The van der Waals surface area contributed by atoms with Gasteiger partial charge < -0.3 is 19.5 Å². The molecule has 82 valence electrons. The lowest BCUT2D eigenvalue weighted by Gasteiger charge is -2.15. The molecule has 0 aliphatic rings. The monoisotopic (exact) mass is 205 g/mol. The molecule has 0 spiro atoms. The second-order valence-electron chi connectivity index (χ2n) is 2.69. The van der Waals surface area contributed by atoms with E-state index in [9.17, 15) is 9.59 Å². The highest BCUT2D eigenvalue weighted by molar-refractivity contribution is 5.77. The van der Waals surface area contributed by atoms with E-state index in [2.05, 4.69) is 4.74 Å². The molecule has 0 fully saturated rings. The van der Waals surface area contributed by atoms with E-state index in [-0.39, 0.29) is 12.5 Å². The summed E-state index contributed by atoms with van der Waals surface area (Å²) in [4.78, 5) is 22.7. The number of amides is 1. The van der Waals surface area contributed by atoms with E-state index in [1.54, 1.807) is 14.2 Å². The fraction of sp³-hybridized carbons (Fsp3) is 0.750. The standard InChI is InChI=1S/C8H15NO5/c1-9(3-4-13-2)7(10)5-14-6-8(11)12/h3-6H2,1-2H3,(H,11,12). The first kappa shape index (κ1) is 12.9. The number of likely N-dealkylation sites (N-methyl/N-ethyl adjacent to an activating group) is 1. The summed E-state index contributed by atoms with van der Waals surface area (Å²) in [5, 5.41) is 8.24. The predicted molar refractivity (Wildman–Crippen MR) is 48.0 cm³/mol. The molecule has 0 unspecified atom stereocenters. The van der Waals surface area contributed by atoms with Crippen molar-refractivity contribution in [1.29, 1.82) is 0 Å². The van der Waals surface area contributed by atoms with Gasteiger partial charge in [-0.1, -0.05) is 0 Å². The van der Waals surface area contributed by atoms with Gasteiger partial charge in [0.1, 0.15) is 13.2 Å². The highest BCUT2D eigenvalue weighted by Crippen LogP contribution is 1.86. The quantitative estimate of drug-likeness (QED) is 0.588. The first-order valence-corrected chi connectivity index (χ1v) is 4.10. The third kappa shape index (κ3) is 6.38. The molecule has 0 saturated carbocycles. The maximum absolute atomic E-state index is 11.2. The van der Waals surface area contributed by atoms with Crippen molar-refractivity contribution in [2.75, 3.05) is 40.5 Å². The SMILES string of the molecule is COCCN(C)C(=O)COCC(=O)O. The van der Waals surface area contributed by atoms with Crippen molar-refractivity contribution in [2.24, 2.45) is 0 Å². The Bertz CT molecular complexity index is 194. The highest BCUT2D eigenvalue weighted by Gasteiger charge is 2.08. The summed E-state index contributed by atoms with van der Waals surface area (Å²) in [5.74, 6) is -1.35. The van der Waals surface area contributed by atoms with Crippen LogP contribution in [-0.2, 0) is 19.1 Å². The number of hydrogen-bond donors (Lipinski definition) is 1. The molecule has 0 aromatic rings. The molecule has 1 amide bonds.